The van der Waals surface area contributed by atoms with Gasteiger partial charge in [-0.2, -0.15) is 0 Å². The van der Waals surface area contributed by atoms with Gasteiger partial charge in [0, 0.05) is 42.7 Å². The van der Waals surface area contributed by atoms with E-state index >= 15 is 0 Å². The molecule has 2 heterocycles. The van der Waals surface area contributed by atoms with Crippen molar-refractivity contribution in [3.8, 4) is 0 Å². The van der Waals surface area contributed by atoms with Crippen LogP contribution in [-0.4, -0.2) is 40.8 Å². The van der Waals surface area contributed by atoms with E-state index in [9.17, 15) is 18.4 Å². The van der Waals surface area contributed by atoms with Crippen LogP contribution in [0.25, 0.3) is 0 Å². The van der Waals surface area contributed by atoms with Crippen LogP contribution in [0.2, 0.25) is 0 Å². The number of halogens is 2. The zero-order valence-corrected chi connectivity index (χ0v) is 19.8. The van der Waals surface area contributed by atoms with Gasteiger partial charge in [0.15, 0.2) is 0 Å². The van der Waals surface area contributed by atoms with Crippen molar-refractivity contribution in [3.63, 3.8) is 0 Å². The van der Waals surface area contributed by atoms with Crippen molar-refractivity contribution >= 4 is 11.8 Å². The molecule has 34 heavy (non-hydrogen) atoms. The highest BCUT2D eigenvalue weighted by Gasteiger charge is 2.42. The number of piperidine rings is 1. The summed E-state index contributed by atoms with van der Waals surface area (Å²) in [5, 5.41) is 6.38. The first-order valence-corrected chi connectivity index (χ1v) is 12.8. The second-order valence-corrected chi connectivity index (χ2v) is 10.7. The second kappa shape index (κ2) is 9.40. The van der Waals surface area contributed by atoms with Crippen molar-refractivity contribution in [1.29, 1.82) is 0 Å². The Hall–Kier alpha value is -2.28. The molecule has 0 spiro atoms. The summed E-state index contributed by atoms with van der Waals surface area (Å²) >= 11 is 0. The number of benzene rings is 1. The lowest BCUT2D eigenvalue weighted by Gasteiger charge is -2.39. The molecule has 1 aromatic rings. The van der Waals surface area contributed by atoms with Crippen molar-refractivity contribution in [1.82, 2.24) is 15.5 Å². The molecule has 1 aromatic carbocycles. The summed E-state index contributed by atoms with van der Waals surface area (Å²) in [4.78, 5) is 27.1. The van der Waals surface area contributed by atoms with Gasteiger partial charge >= 0.3 is 0 Å². The Morgan fingerprint density at radius 3 is 2.68 bits per heavy atom. The molecule has 3 atom stereocenters. The number of alkyl halides is 2. The van der Waals surface area contributed by atoms with Crippen molar-refractivity contribution in [2.24, 2.45) is 5.92 Å². The van der Waals surface area contributed by atoms with E-state index in [2.05, 4.69) is 23.3 Å². The molecule has 2 saturated carbocycles. The van der Waals surface area contributed by atoms with Gasteiger partial charge in [0.1, 0.15) is 6.04 Å². The quantitative estimate of drug-likeness (QED) is 0.654. The van der Waals surface area contributed by atoms with Crippen LogP contribution in [-0.2, 0) is 17.8 Å². The third-order valence-electron chi connectivity index (χ3n) is 8.22. The van der Waals surface area contributed by atoms with Crippen LogP contribution < -0.4 is 10.6 Å². The second-order valence-electron chi connectivity index (χ2n) is 10.7. The Morgan fingerprint density at radius 2 is 1.91 bits per heavy atom. The molecule has 2 aliphatic carbocycles. The van der Waals surface area contributed by atoms with E-state index in [-0.39, 0.29) is 36.6 Å². The minimum atomic E-state index is -2.60. The van der Waals surface area contributed by atoms with Crippen LogP contribution >= 0.6 is 0 Å². The summed E-state index contributed by atoms with van der Waals surface area (Å²) in [6.45, 7) is 4.23. The molecular weight excluding hydrogens is 436 g/mol. The van der Waals surface area contributed by atoms with Crippen LogP contribution in [0.15, 0.2) is 30.5 Å². The van der Waals surface area contributed by atoms with E-state index in [4.69, 9.17) is 0 Å². The summed E-state index contributed by atoms with van der Waals surface area (Å²) in [5.74, 6) is -2.72. The number of carbonyl (C=O) groups excluding carboxylic acids is 2. The fourth-order valence-corrected chi connectivity index (χ4v) is 6.34. The molecule has 1 saturated heterocycles. The lowest BCUT2D eigenvalue weighted by Crippen LogP contribution is -2.50. The van der Waals surface area contributed by atoms with E-state index < -0.39 is 12.0 Å². The van der Waals surface area contributed by atoms with E-state index in [1.807, 2.05) is 12.1 Å². The van der Waals surface area contributed by atoms with Crippen LogP contribution in [0.1, 0.15) is 85.7 Å². The molecule has 2 N–H and O–H groups in total. The zero-order valence-electron chi connectivity index (χ0n) is 19.8. The highest BCUT2D eigenvalue weighted by Crippen LogP contribution is 2.39. The van der Waals surface area contributed by atoms with E-state index in [0.29, 0.717) is 43.1 Å². The molecular formula is C27H35F2N3O2. The number of rotatable bonds is 5. The fraction of sp³-hybridized carbons (Fsp3) is 0.630. The molecule has 5 rings (SSSR count). The third kappa shape index (κ3) is 4.90. The maximum Gasteiger partial charge on any atom is 0.255 e. The van der Waals surface area contributed by atoms with Gasteiger partial charge in [-0.15, -0.1) is 0 Å². The topological polar surface area (TPSA) is 61.4 Å². The minimum absolute atomic E-state index is 0.0558. The zero-order chi connectivity index (χ0) is 23.9. The molecule has 2 amide bonds. The first kappa shape index (κ1) is 23.5. The Balaban J connectivity index is 1.28. The Labute approximate surface area is 200 Å². The fourth-order valence-electron chi connectivity index (χ4n) is 6.34. The molecule has 7 heteroatoms. The highest BCUT2D eigenvalue weighted by atomic mass is 19.3. The van der Waals surface area contributed by atoms with E-state index in [1.165, 1.54) is 19.3 Å². The van der Waals surface area contributed by atoms with Gasteiger partial charge in [-0.1, -0.05) is 38.0 Å². The smallest absolute Gasteiger partial charge is 0.255 e. The van der Waals surface area contributed by atoms with Gasteiger partial charge in [-0.25, -0.2) is 8.78 Å². The lowest BCUT2D eigenvalue weighted by atomic mass is 9.78. The average molecular weight is 472 g/mol. The first-order chi connectivity index (χ1) is 16.3. The van der Waals surface area contributed by atoms with E-state index in [0.717, 1.165) is 30.4 Å². The molecule has 0 aromatic heterocycles. The number of fused-ring (bicyclic) bond motifs is 1. The van der Waals surface area contributed by atoms with Gasteiger partial charge in [0.2, 0.25) is 11.8 Å². The number of hydrogen-bond acceptors (Lipinski definition) is 3. The summed E-state index contributed by atoms with van der Waals surface area (Å²) in [6, 6.07) is 5.56. The Kier molecular flexibility index (Phi) is 6.49. The van der Waals surface area contributed by atoms with Crippen molar-refractivity contribution in [2.45, 2.75) is 101 Å². The average Bonchev–Trinajstić information content (AvgIpc) is 3.11. The summed E-state index contributed by atoms with van der Waals surface area (Å²) in [5.41, 5.74) is 3.35. The maximum absolute atomic E-state index is 14.3. The Morgan fingerprint density at radius 1 is 1.12 bits per heavy atom. The van der Waals surface area contributed by atoms with Crippen molar-refractivity contribution < 1.29 is 18.4 Å². The molecule has 0 radical (unpaired) electrons. The van der Waals surface area contributed by atoms with E-state index in [1.54, 1.807) is 4.90 Å². The summed E-state index contributed by atoms with van der Waals surface area (Å²) < 4.78 is 28.6. The number of hydrogen-bond donors (Lipinski definition) is 2. The predicted octanol–water partition coefficient (Wildman–Crippen LogP) is 4.70. The number of allylic oxidation sites excluding steroid dienone is 1. The predicted molar refractivity (Wildman–Crippen MR) is 126 cm³/mol. The van der Waals surface area contributed by atoms with Crippen molar-refractivity contribution in [2.75, 3.05) is 0 Å². The van der Waals surface area contributed by atoms with Crippen molar-refractivity contribution in [3.05, 3.63) is 47.2 Å². The third-order valence-corrected chi connectivity index (χ3v) is 8.22. The SMILES string of the molecule is C=C1CCC(N2Cc3cc(C[C@H]4CCC(F)(F)C[C@@H]4NC4CCCCC4)ccc3C2=O)C(=O)N1. The van der Waals surface area contributed by atoms with Gasteiger partial charge in [-0.05, 0) is 61.6 Å². The first-order valence-electron chi connectivity index (χ1n) is 12.8. The largest absolute Gasteiger partial charge is 0.329 e. The molecule has 2 aliphatic heterocycles. The van der Waals surface area contributed by atoms with Crippen LogP contribution in [0.3, 0.4) is 0 Å². The molecule has 3 fully saturated rings. The number of nitrogens with one attached hydrogen (secondary N) is 2. The lowest BCUT2D eigenvalue weighted by molar-refractivity contribution is -0.126. The van der Waals surface area contributed by atoms with Gasteiger partial charge in [0.05, 0.1) is 0 Å². The number of carbonyl (C=O) groups is 2. The highest BCUT2D eigenvalue weighted by molar-refractivity contribution is 6.01. The molecule has 5 nitrogen and oxygen atoms in total. The molecule has 0 bridgehead atoms. The molecule has 1 unspecified atom stereocenters. The maximum atomic E-state index is 14.3. The van der Waals surface area contributed by atoms with Gasteiger partial charge in [-0.3, -0.25) is 9.59 Å². The number of amides is 2. The molecule has 184 valence electrons. The monoisotopic (exact) mass is 471 g/mol. The van der Waals surface area contributed by atoms with Gasteiger partial charge < -0.3 is 15.5 Å². The van der Waals surface area contributed by atoms with Crippen LogP contribution in [0.4, 0.5) is 8.78 Å². The number of nitrogens with zero attached hydrogens (tertiary/aromatic N) is 1. The Bertz CT molecular complexity index is 973. The standard InChI is InChI=1S/C27H35F2N3O2/c1-17-7-10-24(25(33)30-17)32-16-20-14-18(8-9-22(20)26(32)34)13-19-11-12-27(28,29)15-23(19)31-21-5-3-2-4-6-21/h8-9,14,19,21,23-24,31H,1-7,10-13,15-16H2,(H,30,33)/t19-,23+,24?/m1/s1. The minimum Gasteiger partial charge on any atom is -0.329 e. The normalized spacial score (nSPS) is 29.8. The van der Waals surface area contributed by atoms with Crippen LogP contribution in [0.5, 0.6) is 0 Å². The van der Waals surface area contributed by atoms with Gasteiger partial charge in [0.25, 0.3) is 5.91 Å². The summed E-state index contributed by atoms with van der Waals surface area (Å²) in [7, 11) is 0. The molecule has 4 aliphatic rings. The van der Waals surface area contributed by atoms with Crippen LogP contribution in [0, 0.1) is 5.92 Å². The summed E-state index contributed by atoms with van der Waals surface area (Å²) in [6.07, 6.45) is 8.09.